The van der Waals surface area contributed by atoms with Crippen LogP contribution in [-0.2, 0) is 14.3 Å². The van der Waals surface area contributed by atoms with Gasteiger partial charge in [0.1, 0.15) is 30.1 Å². The van der Waals surface area contributed by atoms with Crippen LogP contribution in [0.15, 0.2) is 0 Å². The van der Waals surface area contributed by atoms with Crippen molar-refractivity contribution in [1.82, 2.24) is 0 Å². The van der Waals surface area contributed by atoms with Crippen LogP contribution in [0, 0.1) is 0 Å². The Morgan fingerprint density at radius 1 is 1.07 bits per heavy atom. The fourth-order valence-electron chi connectivity index (χ4n) is 3.28. The van der Waals surface area contributed by atoms with Crippen molar-refractivity contribution in [3.05, 3.63) is 0 Å². The first kappa shape index (κ1) is 11.0. The maximum absolute atomic E-state index is 11.6. The van der Waals surface area contributed by atoms with Gasteiger partial charge in [-0.1, -0.05) is 0 Å². The van der Waals surface area contributed by atoms with E-state index in [2.05, 4.69) is 14.1 Å². The fraction of sp³-hybridized carbons (Fsp3) is 0.909. The summed E-state index contributed by atoms with van der Waals surface area (Å²) in [6.45, 7) is 0. The smallest absolute Gasteiger partial charge is 0.144 e. The highest BCUT2D eigenvalue weighted by Crippen LogP contribution is 2.40. The van der Waals surface area contributed by atoms with Gasteiger partial charge in [-0.2, -0.15) is 0 Å². The molecule has 4 nitrogen and oxygen atoms in total. The highest BCUT2D eigenvalue weighted by Gasteiger charge is 2.61. The fourth-order valence-corrected chi connectivity index (χ4v) is 3.28. The van der Waals surface area contributed by atoms with Gasteiger partial charge in [0.15, 0.2) is 0 Å². The summed E-state index contributed by atoms with van der Waals surface area (Å²) >= 11 is 0. The number of ketones is 1. The van der Waals surface area contributed by atoms with E-state index in [-0.39, 0.29) is 24.3 Å². The van der Waals surface area contributed by atoms with E-state index in [0.717, 1.165) is 4.48 Å². The molecule has 15 heavy (non-hydrogen) atoms. The van der Waals surface area contributed by atoms with Gasteiger partial charge in [0.25, 0.3) is 0 Å². The largest absolute Gasteiger partial charge is 0.372 e. The second-order valence-electron chi connectivity index (χ2n) is 5.11. The van der Waals surface area contributed by atoms with Gasteiger partial charge in [0, 0.05) is 14.2 Å². The van der Waals surface area contributed by atoms with Crippen molar-refractivity contribution < 1.29 is 18.8 Å². The van der Waals surface area contributed by atoms with Gasteiger partial charge in [0.2, 0.25) is 0 Å². The number of hydrogen-bond donors (Lipinski definition) is 0. The van der Waals surface area contributed by atoms with E-state index in [9.17, 15) is 4.79 Å². The second-order valence-corrected chi connectivity index (χ2v) is 5.11. The summed E-state index contributed by atoms with van der Waals surface area (Å²) in [6, 6.07) is 0.511. The molecular weight excluding hydrogens is 194 g/mol. The third kappa shape index (κ3) is 1.43. The van der Waals surface area contributed by atoms with Gasteiger partial charge in [-0.3, -0.25) is 4.79 Å². The zero-order valence-corrected chi connectivity index (χ0v) is 9.90. The first-order valence-corrected chi connectivity index (χ1v) is 5.43. The van der Waals surface area contributed by atoms with Gasteiger partial charge < -0.3 is 14.0 Å². The molecule has 0 spiro atoms. The summed E-state index contributed by atoms with van der Waals surface area (Å²) in [5, 5.41) is 0. The van der Waals surface area contributed by atoms with Crippen LogP contribution in [0.2, 0.25) is 0 Å². The van der Waals surface area contributed by atoms with Crippen LogP contribution in [0.3, 0.4) is 0 Å². The molecule has 2 fully saturated rings. The Morgan fingerprint density at radius 3 is 1.80 bits per heavy atom. The van der Waals surface area contributed by atoms with E-state index >= 15 is 0 Å². The van der Waals surface area contributed by atoms with Gasteiger partial charge in [0.05, 0.1) is 26.9 Å². The lowest BCUT2D eigenvalue weighted by atomic mass is 9.99. The predicted molar refractivity (Wildman–Crippen MR) is 55.5 cm³/mol. The van der Waals surface area contributed by atoms with Crippen LogP contribution in [0.1, 0.15) is 12.8 Å². The van der Waals surface area contributed by atoms with E-state index < -0.39 is 0 Å². The minimum Gasteiger partial charge on any atom is -0.372 e. The van der Waals surface area contributed by atoms with E-state index in [0.29, 0.717) is 18.6 Å². The number of methoxy groups -OCH3 is 2. The van der Waals surface area contributed by atoms with Crippen LogP contribution in [0.4, 0.5) is 0 Å². The topological polar surface area (TPSA) is 35.5 Å². The first-order valence-electron chi connectivity index (χ1n) is 5.43. The monoisotopic (exact) mass is 214 g/mol. The predicted octanol–water partition coefficient (Wildman–Crippen LogP) is 0.206. The van der Waals surface area contributed by atoms with E-state index in [1.165, 1.54) is 0 Å². The number of ether oxygens (including phenoxy) is 2. The summed E-state index contributed by atoms with van der Waals surface area (Å²) in [5.41, 5.74) is 0. The van der Waals surface area contributed by atoms with Gasteiger partial charge in [-0.25, -0.2) is 0 Å². The summed E-state index contributed by atoms with van der Waals surface area (Å²) in [7, 11) is 7.77. The molecule has 2 aliphatic heterocycles. The molecule has 0 aromatic rings. The normalized spacial score (nSPS) is 43.3. The maximum atomic E-state index is 11.6. The van der Waals surface area contributed by atoms with Gasteiger partial charge in [-0.15, -0.1) is 0 Å². The highest BCUT2D eigenvalue weighted by atomic mass is 16.5. The third-order valence-electron chi connectivity index (χ3n) is 4.21. The van der Waals surface area contributed by atoms with E-state index in [4.69, 9.17) is 9.47 Å². The number of Topliss-reactive ketones (excluding diaryl/α,β-unsaturated/α-hetero) is 1. The van der Waals surface area contributed by atoms with Crippen molar-refractivity contribution in [3.8, 4) is 0 Å². The molecule has 0 saturated carbocycles. The molecule has 0 unspecified atom stereocenters. The number of carbonyl (C=O) groups excluding carboxylic acids is 1. The zero-order chi connectivity index (χ0) is 11.2. The Hall–Kier alpha value is -0.450. The Labute approximate surface area is 90.7 Å². The van der Waals surface area contributed by atoms with Crippen molar-refractivity contribution in [2.75, 3.05) is 28.3 Å². The summed E-state index contributed by atoms with van der Waals surface area (Å²) in [4.78, 5) is 11.6. The molecule has 2 bridgehead atoms. The summed E-state index contributed by atoms with van der Waals surface area (Å²) in [5.74, 6) is 0.351. The molecule has 86 valence electrons. The minimum absolute atomic E-state index is 0.0569. The maximum Gasteiger partial charge on any atom is 0.144 e. The quantitative estimate of drug-likeness (QED) is 0.616. The average Bonchev–Trinajstić information content (AvgIpc) is 2.33. The van der Waals surface area contributed by atoms with Crippen LogP contribution in [-0.4, -0.2) is 62.9 Å². The van der Waals surface area contributed by atoms with Crippen LogP contribution in [0.5, 0.6) is 0 Å². The number of rotatable bonds is 2. The standard InChI is InChI=1S/C11H20NO3/c1-12(2)8-5-7(13)6-9(12)11(15-4)10(8)14-3/h8-11H,5-6H2,1-4H3/q+1/t8-,9+,10-,11+. The SMILES string of the molecule is CO[C@@H]1[C@H](OC)[C@H]2CC(=O)C[C@@H]1[N+]2(C)C. The van der Waals surface area contributed by atoms with Crippen LogP contribution >= 0.6 is 0 Å². The average molecular weight is 214 g/mol. The first-order chi connectivity index (χ1) is 7.02. The molecule has 0 aliphatic carbocycles. The van der Waals surface area contributed by atoms with Crippen molar-refractivity contribution >= 4 is 5.78 Å². The van der Waals surface area contributed by atoms with Crippen LogP contribution < -0.4 is 0 Å². The summed E-state index contributed by atoms with van der Waals surface area (Å²) < 4.78 is 11.9. The minimum atomic E-state index is 0.0569. The zero-order valence-electron chi connectivity index (χ0n) is 9.90. The Bertz CT molecular complexity index is 253. The molecule has 0 radical (unpaired) electrons. The lowest BCUT2D eigenvalue weighted by Crippen LogP contribution is -2.57. The van der Waals surface area contributed by atoms with Crippen LogP contribution in [0.25, 0.3) is 0 Å². The van der Waals surface area contributed by atoms with Crippen molar-refractivity contribution in [2.24, 2.45) is 0 Å². The van der Waals surface area contributed by atoms with E-state index in [1.807, 2.05) is 0 Å². The lowest BCUT2D eigenvalue weighted by molar-refractivity contribution is -0.929. The number of carbonyl (C=O) groups is 1. The van der Waals surface area contributed by atoms with Gasteiger partial charge >= 0.3 is 0 Å². The third-order valence-corrected chi connectivity index (χ3v) is 4.21. The molecule has 2 rings (SSSR count). The number of likely N-dealkylation sites (N-methyl/N-ethyl adjacent to an activating group) is 1. The summed E-state index contributed by atoms with van der Waals surface area (Å²) in [6.07, 6.45) is 1.37. The Balaban J connectivity index is 2.35. The molecule has 0 N–H and O–H groups in total. The Kier molecular flexibility index (Phi) is 2.61. The van der Waals surface area contributed by atoms with Crippen molar-refractivity contribution in [2.45, 2.75) is 37.1 Å². The van der Waals surface area contributed by atoms with Gasteiger partial charge in [-0.05, 0) is 0 Å². The second kappa shape index (κ2) is 3.54. The number of hydrogen-bond acceptors (Lipinski definition) is 3. The molecule has 4 atom stereocenters. The van der Waals surface area contributed by atoms with Crippen molar-refractivity contribution in [1.29, 1.82) is 0 Å². The molecule has 2 aliphatic rings. The molecular formula is C11H20NO3+. The Morgan fingerprint density at radius 2 is 1.47 bits per heavy atom. The number of fused-ring (bicyclic) bond motifs is 2. The molecule has 0 aromatic carbocycles. The molecule has 0 amide bonds. The lowest BCUT2D eigenvalue weighted by Gasteiger charge is -2.40. The van der Waals surface area contributed by atoms with E-state index in [1.54, 1.807) is 14.2 Å². The number of nitrogens with zero attached hydrogens (tertiary/aromatic N) is 1. The molecule has 0 aromatic heterocycles. The number of piperidine rings is 1. The molecule has 2 saturated heterocycles. The number of quaternary nitrogens is 1. The molecule has 4 heteroatoms. The van der Waals surface area contributed by atoms with Crippen molar-refractivity contribution in [3.63, 3.8) is 0 Å². The molecule has 2 heterocycles. The highest BCUT2D eigenvalue weighted by molar-refractivity contribution is 5.80.